The normalized spacial score (nSPS) is 11.7. The van der Waals surface area contributed by atoms with Crippen LogP contribution in [0.1, 0.15) is 23.7 Å². The van der Waals surface area contributed by atoms with Crippen LogP contribution < -0.4 is 5.32 Å². The number of nitrogens with one attached hydrogen (secondary N) is 1. The fraction of sp³-hybridized carbons (Fsp3) is 0.400. The molecule has 0 aliphatic heterocycles. The number of rotatable bonds is 5. The molecule has 1 heterocycles. The summed E-state index contributed by atoms with van der Waals surface area (Å²) in [5, 5.41) is 8.19. The molecule has 1 aromatic carbocycles. The highest BCUT2D eigenvalue weighted by Gasteiger charge is 2.14. The van der Waals surface area contributed by atoms with Gasteiger partial charge in [-0.15, -0.1) is 0 Å². The maximum atomic E-state index is 11.8. The van der Waals surface area contributed by atoms with E-state index in [4.69, 9.17) is 11.6 Å². The molecule has 22 heavy (non-hydrogen) atoms. The smallest absolute Gasteiger partial charge is 0.175 e. The third-order valence-electron chi connectivity index (χ3n) is 3.54. The zero-order valence-electron chi connectivity index (χ0n) is 13.1. The maximum absolute atomic E-state index is 11.8. The summed E-state index contributed by atoms with van der Waals surface area (Å²) in [7, 11) is -1.43. The number of sulfone groups is 1. The van der Waals surface area contributed by atoms with Gasteiger partial charge in [-0.3, -0.25) is 4.68 Å². The minimum Gasteiger partial charge on any atom is -0.381 e. The summed E-state index contributed by atoms with van der Waals surface area (Å²) in [5.74, 6) is 0. The number of anilines is 1. The Labute approximate surface area is 136 Å². The van der Waals surface area contributed by atoms with Crippen molar-refractivity contribution in [2.45, 2.75) is 31.7 Å². The van der Waals surface area contributed by atoms with Crippen LogP contribution in [-0.2, 0) is 29.9 Å². The Balaban J connectivity index is 2.26. The molecule has 0 saturated carbocycles. The van der Waals surface area contributed by atoms with Gasteiger partial charge in [-0.05, 0) is 31.0 Å². The SMILES string of the molecule is CCc1nn(C)c(Cl)c1CNc1ccc(C)c(S(C)(=O)=O)c1. The highest BCUT2D eigenvalue weighted by Crippen LogP contribution is 2.23. The van der Waals surface area contributed by atoms with Crippen LogP contribution in [0.2, 0.25) is 5.15 Å². The van der Waals surface area contributed by atoms with Crippen LogP contribution in [0.15, 0.2) is 23.1 Å². The molecule has 0 spiro atoms. The van der Waals surface area contributed by atoms with Crippen molar-refractivity contribution in [1.82, 2.24) is 9.78 Å². The largest absolute Gasteiger partial charge is 0.381 e. The quantitative estimate of drug-likeness (QED) is 0.908. The first-order chi connectivity index (χ1) is 10.2. The van der Waals surface area contributed by atoms with Crippen LogP contribution in [0.4, 0.5) is 5.69 Å². The Hall–Kier alpha value is -1.53. The summed E-state index contributed by atoms with van der Waals surface area (Å²) >= 11 is 6.25. The second-order valence-electron chi connectivity index (χ2n) is 5.30. The zero-order valence-corrected chi connectivity index (χ0v) is 14.7. The van der Waals surface area contributed by atoms with E-state index in [0.717, 1.165) is 28.9 Å². The summed E-state index contributed by atoms with van der Waals surface area (Å²) in [5.41, 5.74) is 3.36. The summed E-state index contributed by atoms with van der Waals surface area (Å²) < 4.78 is 25.2. The topological polar surface area (TPSA) is 64.0 Å². The van der Waals surface area contributed by atoms with Crippen molar-refractivity contribution in [2.75, 3.05) is 11.6 Å². The molecule has 120 valence electrons. The number of aryl methyl sites for hydroxylation is 3. The summed E-state index contributed by atoms with van der Waals surface area (Å²) in [4.78, 5) is 0.338. The number of nitrogens with zero attached hydrogens (tertiary/aromatic N) is 2. The van der Waals surface area contributed by atoms with Crippen molar-refractivity contribution in [3.8, 4) is 0 Å². The van der Waals surface area contributed by atoms with Gasteiger partial charge < -0.3 is 5.32 Å². The maximum Gasteiger partial charge on any atom is 0.175 e. The van der Waals surface area contributed by atoms with Crippen molar-refractivity contribution in [1.29, 1.82) is 0 Å². The number of benzene rings is 1. The van der Waals surface area contributed by atoms with E-state index in [0.29, 0.717) is 16.6 Å². The van der Waals surface area contributed by atoms with Crippen molar-refractivity contribution < 1.29 is 8.42 Å². The Bertz CT molecular complexity index is 797. The molecule has 2 rings (SSSR count). The fourth-order valence-corrected chi connectivity index (χ4v) is 3.57. The Kier molecular flexibility index (Phi) is 4.82. The molecule has 0 amide bonds. The van der Waals surface area contributed by atoms with Crippen molar-refractivity contribution >= 4 is 27.1 Å². The summed E-state index contributed by atoms with van der Waals surface area (Å²) in [6, 6.07) is 5.31. The van der Waals surface area contributed by atoms with Gasteiger partial charge in [-0.25, -0.2) is 8.42 Å². The lowest BCUT2D eigenvalue weighted by Crippen LogP contribution is -2.05. The van der Waals surface area contributed by atoms with Gasteiger partial charge in [0.1, 0.15) is 5.15 Å². The lowest BCUT2D eigenvalue weighted by Gasteiger charge is -2.10. The fourth-order valence-electron chi connectivity index (χ4n) is 2.36. The van der Waals surface area contributed by atoms with E-state index in [1.54, 1.807) is 30.8 Å². The van der Waals surface area contributed by atoms with Crippen molar-refractivity contribution in [3.63, 3.8) is 0 Å². The van der Waals surface area contributed by atoms with Crippen LogP contribution in [0.5, 0.6) is 0 Å². The molecule has 1 N–H and O–H groups in total. The standard InChI is InChI=1S/C15H20ClN3O2S/c1-5-13-12(15(16)19(3)18-13)9-17-11-7-6-10(2)14(8-11)22(4,20)21/h6-8,17H,5,9H2,1-4H3. The van der Waals surface area contributed by atoms with Crippen molar-refractivity contribution in [3.05, 3.63) is 40.2 Å². The third kappa shape index (κ3) is 3.44. The Morgan fingerprint density at radius 1 is 1.36 bits per heavy atom. The summed E-state index contributed by atoms with van der Waals surface area (Å²) in [6.07, 6.45) is 2.01. The van der Waals surface area contributed by atoms with E-state index in [1.807, 2.05) is 13.0 Å². The molecule has 7 heteroatoms. The van der Waals surface area contributed by atoms with Gasteiger partial charge in [0.2, 0.25) is 0 Å². The number of aromatic nitrogens is 2. The second-order valence-corrected chi connectivity index (χ2v) is 7.64. The molecule has 0 aliphatic carbocycles. The molecule has 2 aromatic rings. The highest BCUT2D eigenvalue weighted by atomic mass is 35.5. The molecular weight excluding hydrogens is 322 g/mol. The van der Waals surface area contributed by atoms with Gasteiger partial charge in [0.25, 0.3) is 0 Å². The first-order valence-electron chi connectivity index (χ1n) is 6.98. The number of hydrogen-bond acceptors (Lipinski definition) is 4. The van der Waals surface area contributed by atoms with Crippen LogP contribution >= 0.6 is 11.6 Å². The molecule has 0 bridgehead atoms. The van der Waals surface area contributed by atoms with E-state index in [9.17, 15) is 8.42 Å². The predicted octanol–water partition coefficient (Wildman–Crippen LogP) is 2.96. The Morgan fingerprint density at radius 2 is 2.05 bits per heavy atom. The molecule has 0 radical (unpaired) electrons. The second kappa shape index (κ2) is 6.30. The van der Waals surface area contributed by atoms with Gasteiger partial charge in [-0.1, -0.05) is 24.6 Å². The van der Waals surface area contributed by atoms with Gasteiger partial charge in [0.15, 0.2) is 9.84 Å². The van der Waals surface area contributed by atoms with Gasteiger partial charge >= 0.3 is 0 Å². The molecule has 0 fully saturated rings. The molecule has 0 aliphatic rings. The lowest BCUT2D eigenvalue weighted by atomic mass is 10.2. The van der Waals surface area contributed by atoms with E-state index in [1.165, 1.54) is 6.26 Å². The number of hydrogen-bond donors (Lipinski definition) is 1. The molecule has 0 atom stereocenters. The lowest BCUT2D eigenvalue weighted by molar-refractivity contribution is 0.601. The van der Waals surface area contributed by atoms with Gasteiger partial charge in [0.05, 0.1) is 10.6 Å². The number of halogens is 1. The van der Waals surface area contributed by atoms with Gasteiger partial charge in [0, 0.05) is 31.1 Å². The van der Waals surface area contributed by atoms with Crippen LogP contribution in [0.3, 0.4) is 0 Å². The van der Waals surface area contributed by atoms with E-state index in [-0.39, 0.29) is 0 Å². The van der Waals surface area contributed by atoms with Crippen molar-refractivity contribution in [2.24, 2.45) is 7.05 Å². The average molecular weight is 342 g/mol. The minimum atomic E-state index is -3.24. The summed E-state index contributed by atoms with van der Waals surface area (Å²) in [6.45, 7) is 4.31. The first-order valence-corrected chi connectivity index (χ1v) is 9.25. The van der Waals surface area contributed by atoms with E-state index in [2.05, 4.69) is 10.4 Å². The van der Waals surface area contributed by atoms with E-state index >= 15 is 0 Å². The monoisotopic (exact) mass is 341 g/mol. The zero-order chi connectivity index (χ0) is 16.5. The predicted molar refractivity (Wildman–Crippen MR) is 89.2 cm³/mol. The van der Waals surface area contributed by atoms with Crippen LogP contribution in [0, 0.1) is 6.92 Å². The Morgan fingerprint density at radius 3 is 2.64 bits per heavy atom. The van der Waals surface area contributed by atoms with Crippen LogP contribution in [-0.4, -0.2) is 24.5 Å². The molecule has 5 nitrogen and oxygen atoms in total. The van der Waals surface area contributed by atoms with Crippen LogP contribution in [0.25, 0.3) is 0 Å². The first kappa shape index (κ1) is 16.8. The average Bonchev–Trinajstić information content (AvgIpc) is 2.72. The molecule has 0 unspecified atom stereocenters. The van der Waals surface area contributed by atoms with E-state index < -0.39 is 9.84 Å². The molecular formula is C15H20ClN3O2S. The molecule has 0 saturated heterocycles. The minimum absolute atomic E-state index is 0.338. The van der Waals surface area contributed by atoms with Gasteiger partial charge in [-0.2, -0.15) is 5.10 Å². The third-order valence-corrected chi connectivity index (χ3v) is 5.26. The highest BCUT2D eigenvalue weighted by molar-refractivity contribution is 7.90. The molecule has 1 aromatic heterocycles.